The Bertz CT molecular complexity index is 1590. The second-order valence-corrected chi connectivity index (χ2v) is 12.6. The number of imide groups is 1. The fraction of sp³-hybridized carbons (Fsp3) is 0.241. The van der Waals surface area contributed by atoms with Gasteiger partial charge in [-0.2, -0.15) is 0 Å². The van der Waals surface area contributed by atoms with Crippen molar-refractivity contribution in [3.05, 3.63) is 84.3 Å². The van der Waals surface area contributed by atoms with Gasteiger partial charge in [0.15, 0.2) is 23.1 Å². The molecule has 3 aliphatic carbocycles. The van der Waals surface area contributed by atoms with Gasteiger partial charge in [-0.3, -0.25) is 24.1 Å². The Morgan fingerprint density at radius 3 is 2.38 bits per heavy atom. The van der Waals surface area contributed by atoms with E-state index in [9.17, 15) is 24.3 Å². The number of allylic oxidation sites excluding steroid dienone is 6. The van der Waals surface area contributed by atoms with Crippen molar-refractivity contribution in [2.75, 3.05) is 12.0 Å². The fourth-order valence-corrected chi connectivity index (χ4v) is 7.52. The number of hydrogen-bond donors (Lipinski definition) is 1. The van der Waals surface area contributed by atoms with Gasteiger partial charge in [0.05, 0.1) is 33.6 Å². The molecule has 7 nitrogen and oxygen atoms in total. The molecule has 0 bridgehead atoms. The molecule has 1 heterocycles. The minimum Gasteiger partial charge on any atom is -0.503 e. The number of ketones is 2. The van der Waals surface area contributed by atoms with Crippen LogP contribution in [-0.4, -0.2) is 35.6 Å². The molecule has 0 radical (unpaired) electrons. The zero-order valence-corrected chi connectivity index (χ0v) is 25.2. The molecule has 1 fully saturated rings. The Morgan fingerprint density at radius 1 is 0.974 bits per heavy atom. The summed E-state index contributed by atoms with van der Waals surface area (Å²) < 4.78 is 6.74. The summed E-state index contributed by atoms with van der Waals surface area (Å²) in [4.78, 5) is 55.5. The first-order valence-corrected chi connectivity index (χ1v) is 14.6. The number of rotatable bonds is 3. The summed E-state index contributed by atoms with van der Waals surface area (Å²) in [5, 5.41) is 10.4. The first-order valence-electron chi connectivity index (χ1n) is 12.2. The van der Waals surface area contributed by atoms with E-state index in [-0.39, 0.29) is 45.8 Å². The number of methoxy groups -OCH3 is 1. The minimum absolute atomic E-state index is 0.0871. The van der Waals surface area contributed by atoms with Gasteiger partial charge in [0.2, 0.25) is 11.8 Å². The first-order chi connectivity index (χ1) is 18.6. The van der Waals surface area contributed by atoms with Gasteiger partial charge in [-0.1, -0.05) is 27.6 Å². The number of amides is 2. The zero-order chi connectivity index (χ0) is 27.7. The summed E-state index contributed by atoms with van der Waals surface area (Å²) in [5.41, 5.74) is 2.64. The molecule has 1 N–H and O–H groups in total. The normalized spacial score (nSPS) is 26.2. The van der Waals surface area contributed by atoms with Crippen LogP contribution < -0.4 is 9.64 Å². The summed E-state index contributed by atoms with van der Waals surface area (Å²) in [5.74, 6) is -3.40. The number of fused-ring (bicyclic) bond motifs is 3. The van der Waals surface area contributed by atoms with Crippen LogP contribution >= 0.6 is 47.8 Å². The van der Waals surface area contributed by atoms with Gasteiger partial charge < -0.3 is 9.84 Å². The van der Waals surface area contributed by atoms with E-state index in [0.29, 0.717) is 33.3 Å². The van der Waals surface area contributed by atoms with E-state index < -0.39 is 23.7 Å². The van der Waals surface area contributed by atoms with Gasteiger partial charge in [-0.15, -0.1) is 0 Å². The molecule has 4 aliphatic rings. The number of phenolic OH excluding ortho intramolecular Hbond substituents is 1. The number of aromatic hydroxyl groups is 1. The first kappa shape index (κ1) is 26.4. The van der Waals surface area contributed by atoms with Crippen molar-refractivity contribution in [2.45, 2.75) is 18.8 Å². The minimum atomic E-state index is -0.673. The van der Waals surface area contributed by atoms with Gasteiger partial charge in [0.25, 0.3) is 0 Å². The van der Waals surface area contributed by atoms with Crippen molar-refractivity contribution in [1.82, 2.24) is 0 Å². The molecule has 0 spiro atoms. The van der Waals surface area contributed by atoms with Crippen LogP contribution in [0.4, 0.5) is 5.69 Å². The third kappa shape index (κ3) is 4.02. The molecular weight excluding hydrogens is 698 g/mol. The van der Waals surface area contributed by atoms with E-state index in [1.54, 1.807) is 36.4 Å². The number of ether oxygens (including phenoxy) is 1. The van der Waals surface area contributed by atoms with Gasteiger partial charge in [-0.25, -0.2) is 0 Å². The molecular formula is C29H20Br3NO6. The average Bonchev–Trinajstić information content (AvgIpc) is 3.18. The molecule has 1 aliphatic heterocycles. The van der Waals surface area contributed by atoms with E-state index in [0.717, 1.165) is 10.0 Å². The lowest BCUT2D eigenvalue weighted by atomic mass is 9.59. The van der Waals surface area contributed by atoms with E-state index >= 15 is 0 Å². The van der Waals surface area contributed by atoms with Crippen LogP contribution in [0.25, 0.3) is 0 Å². The highest BCUT2D eigenvalue weighted by Crippen LogP contribution is 2.56. The summed E-state index contributed by atoms with van der Waals surface area (Å²) >= 11 is 10.00. The van der Waals surface area contributed by atoms with Crippen molar-refractivity contribution >= 4 is 76.9 Å². The molecule has 10 heteroatoms. The number of nitrogens with zero attached hydrogens (tertiary/aromatic N) is 1. The smallest absolute Gasteiger partial charge is 0.238 e. The molecule has 0 aromatic heterocycles. The summed E-state index contributed by atoms with van der Waals surface area (Å²) in [6, 6.07) is 10.3. The molecule has 2 amide bonds. The molecule has 0 saturated carbocycles. The quantitative estimate of drug-likeness (QED) is 0.242. The summed E-state index contributed by atoms with van der Waals surface area (Å²) in [6.45, 7) is 0. The maximum absolute atomic E-state index is 13.9. The monoisotopic (exact) mass is 715 g/mol. The van der Waals surface area contributed by atoms with E-state index in [4.69, 9.17) is 4.74 Å². The van der Waals surface area contributed by atoms with Crippen LogP contribution in [0.5, 0.6) is 11.5 Å². The third-order valence-corrected chi connectivity index (χ3v) is 9.74. The number of carbonyl (C=O) groups excluding carboxylic acids is 4. The molecule has 6 rings (SSSR count). The lowest BCUT2D eigenvalue weighted by molar-refractivity contribution is -0.123. The number of hydrogen-bond acceptors (Lipinski definition) is 6. The molecule has 2 aromatic rings. The Balaban J connectivity index is 1.51. The average molecular weight is 718 g/mol. The molecule has 4 atom stereocenters. The summed E-state index contributed by atoms with van der Waals surface area (Å²) in [6.07, 6.45) is 3.75. The zero-order valence-electron chi connectivity index (χ0n) is 20.4. The largest absolute Gasteiger partial charge is 0.503 e. The van der Waals surface area contributed by atoms with Gasteiger partial charge in [0, 0.05) is 27.6 Å². The molecule has 39 heavy (non-hydrogen) atoms. The molecule has 1 saturated heterocycles. The maximum Gasteiger partial charge on any atom is 0.238 e. The molecule has 4 unspecified atom stereocenters. The van der Waals surface area contributed by atoms with Crippen molar-refractivity contribution in [1.29, 1.82) is 0 Å². The number of halogens is 3. The van der Waals surface area contributed by atoms with Gasteiger partial charge in [-0.05, 0) is 92.6 Å². The van der Waals surface area contributed by atoms with E-state index in [2.05, 4.69) is 47.8 Å². The second kappa shape index (κ2) is 9.67. The van der Waals surface area contributed by atoms with Crippen molar-refractivity contribution < 1.29 is 29.0 Å². The van der Waals surface area contributed by atoms with Crippen LogP contribution in [0.2, 0.25) is 0 Å². The highest BCUT2D eigenvalue weighted by Gasteiger charge is 2.56. The van der Waals surface area contributed by atoms with Crippen LogP contribution in [0, 0.1) is 17.8 Å². The predicted molar refractivity (Wildman–Crippen MR) is 154 cm³/mol. The number of carbonyl (C=O) groups is 4. The van der Waals surface area contributed by atoms with Crippen LogP contribution in [-0.2, 0) is 19.2 Å². The Hall–Kier alpha value is -2.82. The lowest BCUT2D eigenvalue weighted by Gasteiger charge is -2.42. The number of phenols is 1. The number of Topliss-reactive ketones (excluding diaryl/α,β-unsaturated/α-hetero) is 1. The van der Waals surface area contributed by atoms with Crippen LogP contribution in [0.1, 0.15) is 24.3 Å². The lowest BCUT2D eigenvalue weighted by Crippen LogP contribution is -2.39. The van der Waals surface area contributed by atoms with Crippen molar-refractivity contribution in [3.8, 4) is 11.5 Å². The van der Waals surface area contributed by atoms with Crippen molar-refractivity contribution in [3.63, 3.8) is 0 Å². The highest BCUT2D eigenvalue weighted by molar-refractivity contribution is 9.12. The standard InChI is InChI=1S/C29H20Br3NO6/c1-39-22-9-12(8-19(31)27(22)36)23-15-6-7-16-24(17(15)10-18-25(23)21(34)11-20(32)26(18)35)29(38)33(28(16)37)14-4-2-13(30)3-5-14/h2-6,8-9,11,16-17,23-24,36H,7,10H2,1H3. The predicted octanol–water partition coefficient (Wildman–Crippen LogP) is 5.89. The van der Waals surface area contributed by atoms with Crippen LogP contribution in [0.15, 0.2) is 78.7 Å². The van der Waals surface area contributed by atoms with E-state index in [1.165, 1.54) is 18.1 Å². The third-order valence-electron chi connectivity index (χ3n) is 8.02. The Morgan fingerprint density at radius 2 is 1.69 bits per heavy atom. The van der Waals surface area contributed by atoms with Crippen molar-refractivity contribution in [2.24, 2.45) is 17.8 Å². The highest BCUT2D eigenvalue weighted by atomic mass is 79.9. The fourth-order valence-electron chi connectivity index (χ4n) is 6.35. The topological polar surface area (TPSA) is 101 Å². The molecule has 198 valence electrons. The van der Waals surface area contributed by atoms with E-state index in [1.807, 2.05) is 6.08 Å². The number of anilines is 1. The Kier molecular flexibility index (Phi) is 6.55. The van der Waals surface area contributed by atoms with Gasteiger partial charge in [0.1, 0.15) is 0 Å². The SMILES string of the molecule is COc1cc(C2C3=CCC4C(=O)N(c5ccc(Br)cc5)C(=O)C4C3CC3=C2C(=O)C=C(Br)C3=O)cc(Br)c1O. The number of benzene rings is 2. The molecule has 2 aromatic carbocycles. The maximum atomic E-state index is 13.9. The second-order valence-electron chi connectivity index (χ2n) is 9.94. The van der Waals surface area contributed by atoms with Gasteiger partial charge >= 0.3 is 0 Å². The Labute approximate surface area is 249 Å². The van der Waals surface area contributed by atoms with Crippen LogP contribution in [0.3, 0.4) is 0 Å². The summed E-state index contributed by atoms with van der Waals surface area (Å²) in [7, 11) is 1.43.